The molecule has 1 N–H and O–H groups in total. The maximum Gasteiger partial charge on any atom is 0.254 e. The number of aromatic nitrogens is 1. The molecule has 1 heterocycles. The van der Waals surface area contributed by atoms with E-state index in [2.05, 4.69) is 26.2 Å². The minimum absolute atomic E-state index is 0.0369. The zero-order valence-corrected chi connectivity index (χ0v) is 15.4. The van der Waals surface area contributed by atoms with Gasteiger partial charge in [0, 0.05) is 35.5 Å². The molecule has 0 spiro atoms. The number of rotatable bonds is 5. The number of nitrogens with zero attached hydrogens (tertiary/aromatic N) is 2. The van der Waals surface area contributed by atoms with Crippen molar-refractivity contribution in [3.63, 3.8) is 0 Å². The van der Waals surface area contributed by atoms with Gasteiger partial charge in [0.25, 0.3) is 5.91 Å². The third kappa shape index (κ3) is 4.67. The highest BCUT2D eigenvalue weighted by Gasteiger charge is 2.13. The fourth-order valence-corrected chi connectivity index (χ4v) is 2.73. The number of hydrogen-bond acceptors (Lipinski definition) is 3. The minimum atomic E-state index is -0.0369. The second-order valence-electron chi connectivity index (χ2n) is 5.71. The van der Waals surface area contributed by atoms with Gasteiger partial charge < -0.3 is 10.2 Å². The number of pyridine rings is 1. The van der Waals surface area contributed by atoms with Gasteiger partial charge in [-0.25, -0.2) is 4.98 Å². The van der Waals surface area contributed by atoms with E-state index in [0.29, 0.717) is 17.9 Å². The molecule has 0 radical (unpaired) electrons. The average Bonchev–Trinajstić information content (AvgIpc) is 2.64. The van der Waals surface area contributed by atoms with Crippen LogP contribution < -0.4 is 5.32 Å². The highest BCUT2D eigenvalue weighted by Crippen LogP contribution is 2.19. The standard InChI is InChI=1S/C20H18BrN3O/c1-24(14-15-5-3-2-4-6-15)20(25)16-11-12-22-19(13-16)23-18-9-7-17(21)8-10-18/h2-13H,14H2,1H3,(H,22,23). The van der Waals surface area contributed by atoms with Crippen LogP contribution in [0.4, 0.5) is 11.5 Å². The zero-order valence-electron chi connectivity index (χ0n) is 13.8. The normalized spacial score (nSPS) is 10.3. The van der Waals surface area contributed by atoms with E-state index in [4.69, 9.17) is 0 Å². The molecule has 0 fully saturated rings. The van der Waals surface area contributed by atoms with Crippen LogP contribution in [-0.2, 0) is 6.54 Å². The summed E-state index contributed by atoms with van der Waals surface area (Å²) in [6.45, 7) is 0.567. The first-order valence-electron chi connectivity index (χ1n) is 7.90. The molecule has 3 aromatic rings. The summed E-state index contributed by atoms with van der Waals surface area (Å²) >= 11 is 3.41. The Labute approximate surface area is 155 Å². The van der Waals surface area contributed by atoms with Crippen LogP contribution in [0.3, 0.4) is 0 Å². The van der Waals surface area contributed by atoms with E-state index in [1.54, 1.807) is 30.3 Å². The molecule has 0 atom stereocenters. The van der Waals surface area contributed by atoms with E-state index in [1.807, 2.05) is 54.6 Å². The summed E-state index contributed by atoms with van der Waals surface area (Å²) in [6, 6.07) is 21.2. The summed E-state index contributed by atoms with van der Waals surface area (Å²) < 4.78 is 1.01. The molecule has 0 saturated carbocycles. The molecule has 1 amide bonds. The van der Waals surface area contributed by atoms with Gasteiger partial charge in [-0.2, -0.15) is 0 Å². The Hall–Kier alpha value is -2.66. The van der Waals surface area contributed by atoms with Gasteiger partial charge in [0.05, 0.1) is 0 Å². The summed E-state index contributed by atoms with van der Waals surface area (Å²) in [6.07, 6.45) is 1.64. The van der Waals surface area contributed by atoms with Crippen molar-refractivity contribution in [2.24, 2.45) is 0 Å². The summed E-state index contributed by atoms with van der Waals surface area (Å²) in [4.78, 5) is 18.7. The molecule has 3 rings (SSSR count). The lowest BCUT2D eigenvalue weighted by atomic mass is 10.2. The van der Waals surface area contributed by atoms with Crippen molar-refractivity contribution in [3.8, 4) is 0 Å². The largest absolute Gasteiger partial charge is 0.340 e. The monoisotopic (exact) mass is 395 g/mol. The highest BCUT2D eigenvalue weighted by molar-refractivity contribution is 9.10. The first kappa shape index (κ1) is 17.2. The molecule has 25 heavy (non-hydrogen) atoms. The van der Waals surface area contributed by atoms with Crippen LogP contribution in [0, 0.1) is 0 Å². The Kier molecular flexibility index (Phi) is 5.46. The quantitative estimate of drug-likeness (QED) is 0.670. The Morgan fingerprint density at radius 3 is 2.52 bits per heavy atom. The fourth-order valence-electron chi connectivity index (χ4n) is 2.46. The lowest BCUT2D eigenvalue weighted by Crippen LogP contribution is -2.26. The van der Waals surface area contributed by atoms with Gasteiger partial charge in [0.1, 0.15) is 5.82 Å². The lowest BCUT2D eigenvalue weighted by molar-refractivity contribution is 0.0785. The average molecular weight is 396 g/mol. The van der Waals surface area contributed by atoms with Gasteiger partial charge in [-0.15, -0.1) is 0 Å². The molecule has 5 heteroatoms. The second kappa shape index (κ2) is 7.94. The van der Waals surface area contributed by atoms with Crippen molar-refractivity contribution >= 4 is 33.3 Å². The van der Waals surface area contributed by atoms with Crippen molar-refractivity contribution in [2.75, 3.05) is 12.4 Å². The summed E-state index contributed by atoms with van der Waals surface area (Å²) in [5, 5.41) is 3.21. The van der Waals surface area contributed by atoms with Crippen molar-refractivity contribution in [1.29, 1.82) is 0 Å². The van der Waals surface area contributed by atoms with Crippen LogP contribution in [0.2, 0.25) is 0 Å². The number of carbonyl (C=O) groups excluding carboxylic acids is 1. The maximum absolute atomic E-state index is 12.7. The molecule has 0 saturated heterocycles. The summed E-state index contributed by atoms with van der Waals surface area (Å²) in [5.74, 6) is 0.603. The van der Waals surface area contributed by atoms with E-state index >= 15 is 0 Å². The minimum Gasteiger partial charge on any atom is -0.340 e. The Balaban J connectivity index is 1.71. The van der Waals surface area contributed by atoms with E-state index in [9.17, 15) is 4.79 Å². The Morgan fingerprint density at radius 1 is 1.08 bits per heavy atom. The molecule has 2 aromatic carbocycles. The number of amides is 1. The Bertz CT molecular complexity index is 850. The molecular formula is C20H18BrN3O. The molecule has 0 aliphatic rings. The number of benzene rings is 2. The van der Waals surface area contributed by atoms with Crippen LogP contribution in [0.25, 0.3) is 0 Å². The van der Waals surface area contributed by atoms with Gasteiger partial charge >= 0.3 is 0 Å². The lowest BCUT2D eigenvalue weighted by Gasteiger charge is -2.17. The molecule has 4 nitrogen and oxygen atoms in total. The summed E-state index contributed by atoms with van der Waals surface area (Å²) in [5.41, 5.74) is 2.62. The summed E-state index contributed by atoms with van der Waals surface area (Å²) in [7, 11) is 1.80. The van der Waals surface area contributed by atoms with Crippen molar-refractivity contribution < 1.29 is 4.79 Å². The van der Waals surface area contributed by atoms with Crippen molar-refractivity contribution in [3.05, 3.63) is 88.5 Å². The van der Waals surface area contributed by atoms with Crippen LogP contribution in [0.15, 0.2) is 77.4 Å². The van der Waals surface area contributed by atoms with Gasteiger partial charge in [0.15, 0.2) is 0 Å². The predicted molar refractivity (Wildman–Crippen MR) is 104 cm³/mol. The molecule has 0 bridgehead atoms. The Morgan fingerprint density at radius 2 is 1.80 bits per heavy atom. The predicted octanol–water partition coefficient (Wildman–Crippen LogP) is 4.86. The second-order valence-corrected chi connectivity index (χ2v) is 6.62. The first-order chi connectivity index (χ1) is 12.1. The molecule has 0 unspecified atom stereocenters. The zero-order chi connectivity index (χ0) is 17.6. The van der Waals surface area contributed by atoms with Gasteiger partial charge in [-0.3, -0.25) is 4.79 Å². The molecule has 126 valence electrons. The van der Waals surface area contributed by atoms with Crippen LogP contribution in [0.5, 0.6) is 0 Å². The smallest absolute Gasteiger partial charge is 0.254 e. The number of nitrogens with one attached hydrogen (secondary N) is 1. The van der Waals surface area contributed by atoms with E-state index in [0.717, 1.165) is 15.7 Å². The van der Waals surface area contributed by atoms with E-state index in [-0.39, 0.29) is 5.91 Å². The first-order valence-corrected chi connectivity index (χ1v) is 8.69. The van der Waals surface area contributed by atoms with Gasteiger partial charge in [0.2, 0.25) is 0 Å². The fraction of sp³-hybridized carbons (Fsp3) is 0.100. The van der Waals surface area contributed by atoms with Crippen molar-refractivity contribution in [1.82, 2.24) is 9.88 Å². The van der Waals surface area contributed by atoms with Gasteiger partial charge in [-0.05, 0) is 42.0 Å². The SMILES string of the molecule is CN(Cc1ccccc1)C(=O)c1ccnc(Nc2ccc(Br)cc2)c1. The molecule has 1 aromatic heterocycles. The maximum atomic E-state index is 12.7. The van der Waals surface area contributed by atoms with Crippen LogP contribution >= 0.6 is 15.9 Å². The number of halogens is 1. The van der Waals surface area contributed by atoms with E-state index < -0.39 is 0 Å². The van der Waals surface area contributed by atoms with Crippen LogP contribution in [0.1, 0.15) is 15.9 Å². The number of anilines is 2. The van der Waals surface area contributed by atoms with E-state index in [1.165, 1.54) is 0 Å². The number of carbonyl (C=O) groups is 1. The third-order valence-corrected chi connectivity index (χ3v) is 4.26. The topological polar surface area (TPSA) is 45.2 Å². The highest BCUT2D eigenvalue weighted by atomic mass is 79.9. The molecule has 0 aliphatic carbocycles. The van der Waals surface area contributed by atoms with Crippen molar-refractivity contribution in [2.45, 2.75) is 6.54 Å². The van der Waals surface area contributed by atoms with Crippen LogP contribution in [-0.4, -0.2) is 22.8 Å². The number of hydrogen-bond donors (Lipinski definition) is 1. The molecule has 0 aliphatic heterocycles. The molecular weight excluding hydrogens is 378 g/mol. The van der Waals surface area contributed by atoms with Gasteiger partial charge in [-0.1, -0.05) is 46.3 Å². The third-order valence-electron chi connectivity index (χ3n) is 3.73.